The van der Waals surface area contributed by atoms with Gasteiger partial charge in [-0.2, -0.15) is 0 Å². The molecule has 17 heavy (non-hydrogen) atoms. The topological polar surface area (TPSA) is 46.9 Å². The normalized spacial score (nSPS) is 12.1. The lowest BCUT2D eigenvalue weighted by Gasteiger charge is -2.12. The number of nitrogens with zero attached hydrogens (tertiary/aromatic N) is 2. The molecule has 88 valence electrons. The Morgan fingerprint density at radius 2 is 2.18 bits per heavy atom. The monoisotopic (exact) mass is 229 g/mol. The number of hydrogen-bond donors (Lipinski definition) is 1. The van der Waals surface area contributed by atoms with Crippen LogP contribution in [-0.2, 0) is 4.79 Å². The van der Waals surface area contributed by atoms with Gasteiger partial charge in [0, 0.05) is 30.5 Å². The van der Waals surface area contributed by atoms with E-state index in [2.05, 4.69) is 10.3 Å². The summed E-state index contributed by atoms with van der Waals surface area (Å²) < 4.78 is 1.92. The third-order valence-electron chi connectivity index (χ3n) is 2.57. The molecule has 0 aliphatic heterocycles. The predicted octanol–water partition coefficient (Wildman–Crippen LogP) is 2.47. The fraction of sp³-hybridized carbons (Fsp3) is 0.231. The van der Waals surface area contributed by atoms with Gasteiger partial charge in [-0.05, 0) is 19.1 Å². The van der Waals surface area contributed by atoms with Crippen molar-refractivity contribution in [3.8, 4) is 0 Å². The SMILES string of the molecule is C[C@H](CC(=O)Nc1ccccc1)n1ccnc1. The summed E-state index contributed by atoms with van der Waals surface area (Å²) in [6.07, 6.45) is 5.73. The van der Waals surface area contributed by atoms with Crippen molar-refractivity contribution in [3.63, 3.8) is 0 Å². The first kappa shape index (κ1) is 11.4. The average Bonchev–Trinajstić information content (AvgIpc) is 2.83. The summed E-state index contributed by atoms with van der Waals surface area (Å²) >= 11 is 0. The van der Waals surface area contributed by atoms with Crippen LogP contribution in [0.3, 0.4) is 0 Å². The third-order valence-corrected chi connectivity index (χ3v) is 2.57. The van der Waals surface area contributed by atoms with Gasteiger partial charge in [0.15, 0.2) is 0 Å². The summed E-state index contributed by atoms with van der Waals surface area (Å²) in [5, 5.41) is 2.86. The molecule has 1 N–H and O–H groups in total. The Balaban J connectivity index is 1.90. The molecule has 0 bridgehead atoms. The van der Waals surface area contributed by atoms with E-state index in [1.54, 1.807) is 12.5 Å². The summed E-state index contributed by atoms with van der Waals surface area (Å²) in [5.41, 5.74) is 0.829. The zero-order chi connectivity index (χ0) is 12.1. The van der Waals surface area contributed by atoms with E-state index >= 15 is 0 Å². The third kappa shape index (κ3) is 3.17. The molecule has 4 nitrogen and oxygen atoms in total. The van der Waals surface area contributed by atoms with Crippen molar-refractivity contribution in [2.75, 3.05) is 5.32 Å². The summed E-state index contributed by atoms with van der Waals surface area (Å²) in [6.45, 7) is 1.99. The largest absolute Gasteiger partial charge is 0.334 e. The van der Waals surface area contributed by atoms with Crippen molar-refractivity contribution >= 4 is 11.6 Å². The molecule has 0 fully saturated rings. The van der Waals surface area contributed by atoms with E-state index in [9.17, 15) is 4.79 Å². The van der Waals surface area contributed by atoms with Crippen molar-refractivity contribution in [2.45, 2.75) is 19.4 Å². The highest BCUT2D eigenvalue weighted by molar-refractivity contribution is 5.90. The number of hydrogen-bond acceptors (Lipinski definition) is 2. The maximum absolute atomic E-state index is 11.8. The zero-order valence-electron chi connectivity index (χ0n) is 9.71. The van der Waals surface area contributed by atoms with Gasteiger partial charge in [-0.15, -0.1) is 0 Å². The van der Waals surface area contributed by atoms with Crippen LogP contribution in [0.1, 0.15) is 19.4 Å². The Labute approximate surface area is 100 Å². The number of nitrogens with one attached hydrogen (secondary N) is 1. The van der Waals surface area contributed by atoms with Gasteiger partial charge < -0.3 is 9.88 Å². The molecule has 0 saturated heterocycles. The number of rotatable bonds is 4. The van der Waals surface area contributed by atoms with E-state index in [4.69, 9.17) is 0 Å². The quantitative estimate of drug-likeness (QED) is 0.875. The number of carbonyl (C=O) groups excluding carboxylic acids is 1. The Morgan fingerprint density at radius 1 is 1.41 bits per heavy atom. The molecule has 4 heteroatoms. The number of carbonyl (C=O) groups is 1. The molecule has 1 aromatic heterocycles. The van der Waals surface area contributed by atoms with Gasteiger partial charge in [0.1, 0.15) is 0 Å². The van der Waals surface area contributed by atoms with Crippen LogP contribution in [0.2, 0.25) is 0 Å². The first-order chi connectivity index (χ1) is 8.25. The number of imidazole rings is 1. The molecular formula is C13H15N3O. The predicted molar refractivity (Wildman–Crippen MR) is 66.6 cm³/mol. The van der Waals surface area contributed by atoms with Gasteiger partial charge in [0.05, 0.1) is 6.33 Å². The van der Waals surface area contributed by atoms with Crippen LogP contribution in [0.25, 0.3) is 0 Å². The molecule has 1 atom stereocenters. The lowest BCUT2D eigenvalue weighted by Crippen LogP contribution is -2.16. The summed E-state index contributed by atoms with van der Waals surface area (Å²) in [7, 11) is 0. The number of amides is 1. The Bertz CT molecular complexity index is 465. The second-order valence-corrected chi connectivity index (χ2v) is 3.98. The molecule has 0 aliphatic carbocycles. The van der Waals surface area contributed by atoms with Gasteiger partial charge in [-0.25, -0.2) is 4.98 Å². The van der Waals surface area contributed by atoms with Crippen LogP contribution in [0.5, 0.6) is 0 Å². The number of para-hydroxylation sites is 1. The van der Waals surface area contributed by atoms with Crippen LogP contribution < -0.4 is 5.32 Å². The minimum Gasteiger partial charge on any atom is -0.334 e. The van der Waals surface area contributed by atoms with Crippen molar-refractivity contribution in [2.24, 2.45) is 0 Å². The van der Waals surface area contributed by atoms with Gasteiger partial charge >= 0.3 is 0 Å². The molecule has 0 unspecified atom stereocenters. The molecule has 1 aromatic carbocycles. The molecule has 1 amide bonds. The second-order valence-electron chi connectivity index (χ2n) is 3.98. The van der Waals surface area contributed by atoms with Crippen LogP contribution in [0, 0.1) is 0 Å². The number of benzene rings is 1. The van der Waals surface area contributed by atoms with E-state index in [0.717, 1.165) is 5.69 Å². The summed E-state index contributed by atoms with van der Waals surface area (Å²) in [6, 6.07) is 9.58. The van der Waals surface area contributed by atoms with E-state index in [1.807, 2.05) is 48.0 Å². The van der Waals surface area contributed by atoms with E-state index in [0.29, 0.717) is 6.42 Å². The van der Waals surface area contributed by atoms with E-state index in [-0.39, 0.29) is 11.9 Å². The zero-order valence-corrected chi connectivity index (χ0v) is 9.71. The molecule has 0 saturated carbocycles. The van der Waals surface area contributed by atoms with Crippen molar-refractivity contribution in [1.29, 1.82) is 0 Å². The van der Waals surface area contributed by atoms with Crippen molar-refractivity contribution in [3.05, 3.63) is 49.1 Å². The smallest absolute Gasteiger partial charge is 0.226 e. The standard InChI is InChI=1S/C13H15N3O/c1-11(16-8-7-14-10-16)9-13(17)15-12-5-3-2-4-6-12/h2-8,10-11H,9H2,1H3,(H,15,17)/t11-/m1/s1. The molecule has 2 rings (SSSR count). The maximum Gasteiger partial charge on any atom is 0.226 e. The van der Waals surface area contributed by atoms with E-state index < -0.39 is 0 Å². The van der Waals surface area contributed by atoms with Crippen LogP contribution >= 0.6 is 0 Å². The minimum absolute atomic E-state index is 0.0115. The van der Waals surface area contributed by atoms with Gasteiger partial charge in [0.2, 0.25) is 5.91 Å². The van der Waals surface area contributed by atoms with Gasteiger partial charge in [-0.3, -0.25) is 4.79 Å². The minimum atomic E-state index is 0.0115. The van der Waals surface area contributed by atoms with Gasteiger partial charge in [0.25, 0.3) is 0 Å². The lowest BCUT2D eigenvalue weighted by molar-refractivity contribution is -0.116. The summed E-state index contributed by atoms with van der Waals surface area (Å²) in [4.78, 5) is 15.7. The summed E-state index contributed by atoms with van der Waals surface area (Å²) in [5.74, 6) is 0.0115. The van der Waals surface area contributed by atoms with Crippen molar-refractivity contribution in [1.82, 2.24) is 9.55 Å². The maximum atomic E-state index is 11.8. The Hall–Kier alpha value is -2.10. The molecular weight excluding hydrogens is 214 g/mol. The van der Waals surface area contributed by atoms with Crippen molar-refractivity contribution < 1.29 is 4.79 Å². The fourth-order valence-electron chi connectivity index (χ4n) is 1.64. The van der Waals surface area contributed by atoms with Crippen LogP contribution in [-0.4, -0.2) is 15.5 Å². The van der Waals surface area contributed by atoms with Gasteiger partial charge in [-0.1, -0.05) is 18.2 Å². The molecule has 2 aromatic rings. The Morgan fingerprint density at radius 3 is 2.82 bits per heavy atom. The molecule has 1 heterocycles. The lowest BCUT2D eigenvalue weighted by atomic mass is 10.2. The van der Waals surface area contributed by atoms with Crippen LogP contribution in [0.15, 0.2) is 49.1 Å². The fourth-order valence-corrected chi connectivity index (χ4v) is 1.64. The first-order valence-electron chi connectivity index (χ1n) is 5.58. The Kier molecular flexibility index (Phi) is 3.55. The van der Waals surface area contributed by atoms with Crippen LogP contribution in [0.4, 0.5) is 5.69 Å². The molecule has 0 aliphatic rings. The highest BCUT2D eigenvalue weighted by atomic mass is 16.1. The first-order valence-corrected chi connectivity index (χ1v) is 5.58. The second kappa shape index (κ2) is 5.30. The number of anilines is 1. The average molecular weight is 229 g/mol. The molecule has 0 spiro atoms. The highest BCUT2D eigenvalue weighted by Gasteiger charge is 2.10. The number of aromatic nitrogens is 2. The highest BCUT2D eigenvalue weighted by Crippen LogP contribution is 2.12. The van der Waals surface area contributed by atoms with E-state index in [1.165, 1.54) is 0 Å². The molecule has 0 radical (unpaired) electrons.